The van der Waals surface area contributed by atoms with Crippen LogP contribution in [0.1, 0.15) is 6.42 Å². The maximum absolute atomic E-state index is 10.9. The van der Waals surface area contributed by atoms with Crippen LogP contribution < -0.4 is 19.9 Å². The number of nitrogens with one attached hydrogen (secondary N) is 1. The lowest BCUT2D eigenvalue weighted by Crippen LogP contribution is -2.19. The van der Waals surface area contributed by atoms with Crippen LogP contribution in [0.25, 0.3) is 10.9 Å². The standard InChI is InChI=1S/C13H18N4O4S/c1-20-11-6-9-10(7-12(11)21-2)16-8-17-13(9)15-4-3-5-22(14,18)19/h6-8H,3-5H2,1-2H3,(H2,14,18,19)(H,15,16,17). The molecule has 0 amide bonds. The average molecular weight is 326 g/mol. The summed E-state index contributed by atoms with van der Waals surface area (Å²) < 4.78 is 32.3. The van der Waals surface area contributed by atoms with Crippen molar-refractivity contribution in [1.29, 1.82) is 0 Å². The molecule has 120 valence electrons. The highest BCUT2D eigenvalue weighted by molar-refractivity contribution is 7.89. The van der Waals surface area contributed by atoms with Crippen molar-refractivity contribution in [1.82, 2.24) is 9.97 Å². The van der Waals surface area contributed by atoms with Gasteiger partial charge in [-0.15, -0.1) is 0 Å². The Morgan fingerprint density at radius 1 is 1.18 bits per heavy atom. The molecule has 0 aliphatic rings. The second-order valence-corrected chi connectivity index (χ2v) is 6.33. The van der Waals surface area contributed by atoms with Gasteiger partial charge in [-0.05, 0) is 12.5 Å². The number of primary sulfonamides is 1. The second-order valence-electron chi connectivity index (χ2n) is 4.59. The van der Waals surface area contributed by atoms with E-state index in [0.29, 0.717) is 35.8 Å². The highest BCUT2D eigenvalue weighted by Crippen LogP contribution is 2.33. The number of anilines is 1. The largest absolute Gasteiger partial charge is 0.493 e. The van der Waals surface area contributed by atoms with Gasteiger partial charge in [0.15, 0.2) is 11.5 Å². The van der Waals surface area contributed by atoms with Crippen LogP contribution >= 0.6 is 0 Å². The van der Waals surface area contributed by atoms with Gasteiger partial charge in [0.25, 0.3) is 0 Å². The first-order chi connectivity index (χ1) is 10.4. The average Bonchev–Trinajstić information content (AvgIpc) is 2.49. The summed E-state index contributed by atoms with van der Waals surface area (Å²) >= 11 is 0. The first-order valence-corrected chi connectivity index (χ1v) is 8.27. The Labute approximate surface area is 128 Å². The summed E-state index contributed by atoms with van der Waals surface area (Å²) in [5.41, 5.74) is 0.696. The number of nitrogens with two attached hydrogens (primary N) is 1. The number of nitrogens with zero attached hydrogens (tertiary/aromatic N) is 2. The number of hydrogen-bond donors (Lipinski definition) is 2. The van der Waals surface area contributed by atoms with Crippen molar-refractivity contribution >= 4 is 26.7 Å². The van der Waals surface area contributed by atoms with Gasteiger partial charge in [0, 0.05) is 18.0 Å². The molecule has 0 saturated carbocycles. The zero-order chi connectivity index (χ0) is 16.2. The van der Waals surface area contributed by atoms with Gasteiger partial charge >= 0.3 is 0 Å². The summed E-state index contributed by atoms with van der Waals surface area (Å²) in [6.45, 7) is 0.427. The van der Waals surface area contributed by atoms with Crippen LogP contribution in [0.3, 0.4) is 0 Å². The summed E-state index contributed by atoms with van der Waals surface area (Å²) in [7, 11) is -0.349. The number of hydrogen-bond acceptors (Lipinski definition) is 7. The SMILES string of the molecule is COc1cc2ncnc(NCCCS(N)(=O)=O)c2cc1OC. The van der Waals surface area contributed by atoms with Crippen LogP contribution in [0, 0.1) is 0 Å². The molecule has 0 aliphatic heterocycles. The number of aromatic nitrogens is 2. The molecule has 8 nitrogen and oxygen atoms in total. The van der Waals surface area contributed by atoms with Gasteiger partial charge < -0.3 is 14.8 Å². The molecule has 1 heterocycles. The third-order valence-corrected chi connectivity index (χ3v) is 3.90. The van der Waals surface area contributed by atoms with Crippen LogP contribution in [-0.4, -0.2) is 44.9 Å². The maximum atomic E-state index is 10.9. The van der Waals surface area contributed by atoms with E-state index in [4.69, 9.17) is 14.6 Å². The van der Waals surface area contributed by atoms with Crippen molar-refractivity contribution < 1.29 is 17.9 Å². The normalized spacial score (nSPS) is 11.4. The zero-order valence-corrected chi connectivity index (χ0v) is 13.2. The van der Waals surface area contributed by atoms with Crippen molar-refractivity contribution in [2.45, 2.75) is 6.42 Å². The fourth-order valence-electron chi connectivity index (χ4n) is 2.00. The Bertz CT molecular complexity index is 764. The minimum atomic E-state index is -3.45. The Morgan fingerprint density at radius 3 is 2.50 bits per heavy atom. The summed E-state index contributed by atoms with van der Waals surface area (Å²) in [6.07, 6.45) is 1.81. The van der Waals surface area contributed by atoms with E-state index in [1.165, 1.54) is 6.33 Å². The molecule has 1 aromatic heterocycles. The molecule has 9 heteroatoms. The molecule has 0 fully saturated rings. The Balaban J connectivity index is 2.23. The topological polar surface area (TPSA) is 116 Å². The number of ether oxygens (including phenoxy) is 2. The Kier molecular flexibility index (Phi) is 4.99. The predicted molar refractivity (Wildman–Crippen MR) is 83.7 cm³/mol. The number of benzene rings is 1. The van der Waals surface area contributed by atoms with E-state index in [2.05, 4.69) is 15.3 Å². The molecular formula is C13H18N4O4S. The molecule has 0 saturated heterocycles. The van der Waals surface area contributed by atoms with E-state index >= 15 is 0 Å². The van der Waals surface area contributed by atoms with Crippen LogP contribution in [0.5, 0.6) is 11.5 Å². The molecule has 2 aromatic rings. The third-order valence-electron chi connectivity index (χ3n) is 3.04. The van der Waals surface area contributed by atoms with Gasteiger partial charge in [0.1, 0.15) is 12.1 Å². The smallest absolute Gasteiger partial charge is 0.209 e. The van der Waals surface area contributed by atoms with E-state index in [9.17, 15) is 8.42 Å². The first kappa shape index (κ1) is 16.2. The van der Waals surface area contributed by atoms with E-state index in [0.717, 1.165) is 5.39 Å². The van der Waals surface area contributed by atoms with E-state index in [1.54, 1.807) is 26.4 Å². The van der Waals surface area contributed by atoms with Gasteiger partial charge in [-0.2, -0.15) is 0 Å². The molecule has 0 radical (unpaired) electrons. The fourth-order valence-corrected chi connectivity index (χ4v) is 2.55. The molecular weight excluding hydrogens is 308 g/mol. The molecule has 2 rings (SSSR count). The summed E-state index contributed by atoms with van der Waals surface area (Å²) in [5.74, 6) is 1.66. The lowest BCUT2D eigenvalue weighted by Gasteiger charge is -2.11. The molecule has 3 N–H and O–H groups in total. The van der Waals surface area contributed by atoms with Gasteiger partial charge in [-0.25, -0.2) is 23.5 Å². The number of methoxy groups -OCH3 is 2. The zero-order valence-electron chi connectivity index (χ0n) is 12.4. The molecule has 22 heavy (non-hydrogen) atoms. The summed E-state index contributed by atoms with van der Waals surface area (Å²) in [6, 6.07) is 3.53. The minimum Gasteiger partial charge on any atom is -0.493 e. The summed E-state index contributed by atoms with van der Waals surface area (Å²) in [4.78, 5) is 8.36. The van der Waals surface area contributed by atoms with Gasteiger partial charge in [-0.1, -0.05) is 0 Å². The first-order valence-electron chi connectivity index (χ1n) is 6.55. The van der Waals surface area contributed by atoms with Gasteiger partial charge in [0.2, 0.25) is 10.0 Å². The Hall–Kier alpha value is -2.13. The van der Waals surface area contributed by atoms with Gasteiger partial charge in [-0.3, -0.25) is 0 Å². The van der Waals surface area contributed by atoms with Crippen LogP contribution in [0.15, 0.2) is 18.5 Å². The molecule has 0 spiro atoms. The predicted octanol–water partition coefficient (Wildman–Crippen LogP) is 0.737. The van der Waals surface area contributed by atoms with Crippen molar-refractivity contribution in [3.8, 4) is 11.5 Å². The number of sulfonamides is 1. The molecule has 0 atom stereocenters. The minimum absolute atomic E-state index is 0.0832. The van der Waals surface area contributed by atoms with Crippen molar-refractivity contribution in [2.75, 3.05) is 31.8 Å². The highest BCUT2D eigenvalue weighted by Gasteiger charge is 2.11. The lowest BCUT2D eigenvalue weighted by atomic mass is 10.2. The molecule has 0 bridgehead atoms. The number of fused-ring (bicyclic) bond motifs is 1. The fraction of sp³-hybridized carbons (Fsp3) is 0.385. The molecule has 1 aromatic carbocycles. The quantitative estimate of drug-likeness (QED) is 0.721. The van der Waals surface area contributed by atoms with Crippen LogP contribution in [0.4, 0.5) is 5.82 Å². The van der Waals surface area contributed by atoms with Crippen LogP contribution in [-0.2, 0) is 10.0 Å². The maximum Gasteiger partial charge on any atom is 0.209 e. The Morgan fingerprint density at radius 2 is 1.86 bits per heavy atom. The monoisotopic (exact) mass is 326 g/mol. The van der Waals surface area contributed by atoms with E-state index < -0.39 is 10.0 Å². The van der Waals surface area contributed by atoms with Crippen LogP contribution in [0.2, 0.25) is 0 Å². The number of rotatable bonds is 7. The van der Waals surface area contributed by atoms with E-state index in [1.807, 2.05) is 0 Å². The third kappa shape index (κ3) is 3.95. The summed E-state index contributed by atoms with van der Waals surface area (Å²) in [5, 5.41) is 8.81. The molecule has 0 unspecified atom stereocenters. The van der Waals surface area contributed by atoms with Crippen molar-refractivity contribution in [3.63, 3.8) is 0 Å². The second kappa shape index (κ2) is 6.75. The van der Waals surface area contributed by atoms with Crippen molar-refractivity contribution in [3.05, 3.63) is 18.5 Å². The highest BCUT2D eigenvalue weighted by atomic mass is 32.2. The molecule has 0 aliphatic carbocycles. The van der Waals surface area contributed by atoms with Crippen molar-refractivity contribution in [2.24, 2.45) is 5.14 Å². The van der Waals surface area contributed by atoms with Gasteiger partial charge in [0.05, 0.1) is 25.5 Å². The van der Waals surface area contributed by atoms with E-state index in [-0.39, 0.29) is 5.75 Å². The lowest BCUT2D eigenvalue weighted by molar-refractivity contribution is 0.356.